The minimum atomic E-state index is -0.707. The topological polar surface area (TPSA) is 67.6 Å². The molecule has 2 fully saturated rings. The van der Waals surface area contributed by atoms with Crippen molar-refractivity contribution < 1.29 is 9.53 Å². The number of hydrogen-bond acceptors (Lipinski definition) is 4. The summed E-state index contributed by atoms with van der Waals surface area (Å²) in [4.78, 5) is 14.7. The first-order chi connectivity index (χ1) is 9.64. The van der Waals surface area contributed by atoms with Crippen LogP contribution in [0.4, 0.5) is 0 Å². The highest BCUT2D eigenvalue weighted by Crippen LogP contribution is 2.19. The van der Waals surface area contributed by atoms with Crippen LogP contribution < -0.4 is 11.1 Å². The fraction of sp³-hybridized carbons (Fsp3) is 0.933. The highest BCUT2D eigenvalue weighted by Gasteiger charge is 2.36. The number of amides is 1. The van der Waals surface area contributed by atoms with Crippen molar-refractivity contribution in [2.24, 2.45) is 11.7 Å². The van der Waals surface area contributed by atoms with Crippen LogP contribution in [0.3, 0.4) is 0 Å². The van der Waals surface area contributed by atoms with Crippen LogP contribution in [0, 0.1) is 5.92 Å². The average Bonchev–Trinajstić information content (AvgIpc) is 2.47. The molecule has 0 saturated carbocycles. The maximum absolute atomic E-state index is 12.2. The standard InChI is InChI=1S/C15H29N3O2.2ClH/c1-2-7-18-8-3-13(4-9-18)12-17-14(19)15(16)5-10-20-11-6-15;;/h13H,2-12,16H2,1H3,(H,17,19);2*1H. The van der Waals surface area contributed by atoms with Gasteiger partial charge in [0.05, 0.1) is 5.54 Å². The number of nitrogens with zero attached hydrogens (tertiary/aromatic N) is 1. The molecule has 22 heavy (non-hydrogen) atoms. The average molecular weight is 356 g/mol. The zero-order chi connectivity index (χ0) is 14.4. The minimum Gasteiger partial charge on any atom is -0.381 e. The van der Waals surface area contributed by atoms with Crippen LogP contribution in [-0.4, -0.2) is 55.7 Å². The molecular weight excluding hydrogens is 325 g/mol. The largest absolute Gasteiger partial charge is 0.381 e. The minimum absolute atomic E-state index is 0. The van der Waals surface area contributed by atoms with Crippen molar-refractivity contribution in [1.82, 2.24) is 10.2 Å². The fourth-order valence-electron chi connectivity index (χ4n) is 3.11. The van der Waals surface area contributed by atoms with E-state index in [9.17, 15) is 4.79 Å². The Kier molecular flexibility index (Phi) is 10.6. The van der Waals surface area contributed by atoms with Crippen molar-refractivity contribution in [3.05, 3.63) is 0 Å². The van der Waals surface area contributed by atoms with Gasteiger partial charge in [0.15, 0.2) is 0 Å². The van der Waals surface area contributed by atoms with Gasteiger partial charge >= 0.3 is 0 Å². The highest BCUT2D eigenvalue weighted by atomic mass is 35.5. The summed E-state index contributed by atoms with van der Waals surface area (Å²) >= 11 is 0. The number of hydrogen-bond donors (Lipinski definition) is 2. The smallest absolute Gasteiger partial charge is 0.240 e. The lowest BCUT2D eigenvalue weighted by Crippen LogP contribution is -2.57. The van der Waals surface area contributed by atoms with E-state index in [0.29, 0.717) is 32.0 Å². The van der Waals surface area contributed by atoms with Gasteiger partial charge in [-0.1, -0.05) is 6.92 Å². The van der Waals surface area contributed by atoms with E-state index in [1.54, 1.807) is 0 Å². The Balaban J connectivity index is 0.00000220. The molecule has 2 aliphatic rings. The van der Waals surface area contributed by atoms with E-state index in [4.69, 9.17) is 10.5 Å². The maximum Gasteiger partial charge on any atom is 0.240 e. The van der Waals surface area contributed by atoms with Gasteiger partial charge in [-0.25, -0.2) is 0 Å². The van der Waals surface area contributed by atoms with Gasteiger partial charge in [-0.15, -0.1) is 24.8 Å². The van der Waals surface area contributed by atoms with Crippen LogP contribution in [0.15, 0.2) is 0 Å². The molecule has 0 aromatic rings. The van der Waals surface area contributed by atoms with Gasteiger partial charge in [0.1, 0.15) is 0 Å². The number of rotatable bonds is 5. The van der Waals surface area contributed by atoms with Crippen LogP contribution in [-0.2, 0) is 9.53 Å². The first kappa shape index (κ1) is 21.9. The molecule has 0 radical (unpaired) electrons. The Labute approximate surface area is 146 Å². The van der Waals surface area contributed by atoms with Crippen molar-refractivity contribution in [3.8, 4) is 0 Å². The van der Waals surface area contributed by atoms with Gasteiger partial charge in [0.2, 0.25) is 5.91 Å². The summed E-state index contributed by atoms with van der Waals surface area (Å²) in [6, 6.07) is 0. The van der Waals surface area contributed by atoms with E-state index < -0.39 is 5.54 Å². The first-order valence-corrected chi connectivity index (χ1v) is 8.01. The van der Waals surface area contributed by atoms with Crippen LogP contribution in [0.25, 0.3) is 0 Å². The Morgan fingerprint density at radius 2 is 1.86 bits per heavy atom. The molecule has 0 atom stereocenters. The molecule has 0 unspecified atom stereocenters. The fourth-order valence-corrected chi connectivity index (χ4v) is 3.11. The quantitative estimate of drug-likeness (QED) is 0.785. The second-order valence-corrected chi connectivity index (χ2v) is 6.26. The molecule has 2 aliphatic heterocycles. The Hall–Kier alpha value is -0.0700. The zero-order valence-electron chi connectivity index (χ0n) is 13.5. The molecule has 132 valence electrons. The predicted octanol–water partition coefficient (Wildman–Crippen LogP) is 1.58. The number of ether oxygens (including phenoxy) is 1. The number of piperidine rings is 1. The van der Waals surface area contributed by atoms with Gasteiger partial charge in [0.25, 0.3) is 0 Å². The summed E-state index contributed by atoms with van der Waals surface area (Å²) in [6.07, 6.45) is 4.85. The molecule has 3 N–H and O–H groups in total. The van der Waals surface area contributed by atoms with Crippen molar-refractivity contribution >= 4 is 30.7 Å². The molecule has 2 rings (SSSR count). The summed E-state index contributed by atoms with van der Waals surface area (Å²) < 4.78 is 5.28. The van der Waals surface area contributed by atoms with Crippen LogP contribution in [0.2, 0.25) is 0 Å². The number of likely N-dealkylation sites (tertiary alicyclic amines) is 1. The van der Waals surface area contributed by atoms with Crippen molar-refractivity contribution in [2.45, 2.75) is 44.6 Å². The summed E-state index contributed by atoms with van der Waals surface area (Å²) in [7, 11) is 0. The van der Waals surface area contributed by atoms with Gasteiger partial charge < -0.3 is 20.7 Å². The monoisotopic (exact) mass is 355 g/mol. The van der Waals surface area contributed by atoms with E-state index >= 15 is 0 Å². The van der Waals surface area contributed by atoms with E-state index in [0.717, 1.165) is 19.6 Å². The van der Waals surface area contributed by atoms with E-state index in [1.807, 2.05) is 0 Å². The lowest BCUT2D eigenvalue weighted by Gasteiger charge is -2.34. The van der Waals surface area contributed by atoms with Gasteiger partial charge in [-0.05, 0) is 57.7 Å². The van der Waals surface area contributed by atoms with Crippen LogP contribution in [0.5, 0.6) is 0 Å². The van der Waals surface area contributed by atoms with Gasteiger partial charge in [-0.2, -0.15) is 0 Å². The molecule has 0 aromatic carbocycles. The molecular formula is C15H31Cl2N3O2. The summed E-state index contributed by atoms with van der Waals surface area (Å²) in [5.74, 6) is 0.618. The predicted molar refractivity (Wildman–Crippen MR) is 93.9 cm³/mol. The molecule has 7 heteroatoms. The number of carbonyl (C=O) groups is 1. The van der Waals surface area contributed by atoms with Gasteiger partial charge in [-0.3, -0.25) is 4.79 Å². The van der Waals surface area contributed by atoms with Crippen molar-refractivity contribution in [1.29, 1.82) is 0 Å². The molecule has 0 aromatic heterocycles. The SMILES string of the molecule is CCCN1CCC(CNC(=O)C2(N)CCOCC2)CC1.Cl.Cl. The Morgan fingerprint density at radius 1 is 1.27 bits per heavy atom. The summed E-state index contributed by atoms with van der Waals surface area (Å²) in [5.41, 5.74) is 5.47. The number of carbonyl (C=O) groups excluding carboxylic acids is 1. The third-order valence-corrected chi connectivity index (χ3v) is 4.64. The summed E-state index contributed by atoms with van der Waals surface area (Å²) in [5, 5.41) is 3.07. The third-order valence-electron chi connectivity index (χ3n) is 4.64. The number of halogens is 2. The second kappa shape index (κ2) is 10.7. The normalized spacial score (nSPS) is 22.3. The highest BCUT2D eigenvalue weighted by molar-refractivity contribution is 5.86. The number of nitrogens with one attached hydrogen (secondary N) is 1. The second-order valence-electron chi connectivity index (χ2n) is 6.26. The molecule has 1 amide bonds. The number of nitrogens with two attached hydrogens (primary N) is 1. The van der Waals surface area contributed by atoms with Gasteiger partial charge in [0, 0.05) is 19.8 Å². The van der Waals surface area contributed by atoms with Crippen LogP contribution >= 0.6 is 24.8 Å². The van der Waals surface area contributed by atoms with E-state index in [1.165, 1.54) is 25.8 Å². The third kappa shape index (κ3) is 6.20. The van der Waals surface area contributed by atoms with E-state index in [-0.39, 0.29) is 30.7 Å². The first-order valence-electron chi connectivity index (χ1n) is 8.01. The molecule has 2 saturated heterocycles. The molecule has 0 bridgehead atoms. The Bertz CT molecular complexity index is 318. The molecule has 0 aliphatic carbocycles. The van der Waals surface area contributed by atoms with Crippen molar-refractivity contribution in [3.63, 3.8) is 0 Å². The molecule has 0 spiro atoms. The lowest BCUT2D eigenvalue weighted by atomic mass is 9.89. The molecule has 5 nitrogen and oxygen atoms in total. The summed E-state index contributed by atoms with van der Waals surface area (Å²) in [6.45, 7) is 7.72. The van der Waals surface area contributed by atoms with E-state index in [2.05, 4.69) is 17.1 Å². The Morgan fingerprint density at radius 3 is 2.41 bits per heavy atom. The maximum atomic E-state index is 12.2. The lowest BCUT2D eigenvalue weighted by molar-refractivity contribution is -0.130. The molecule has 2 heterocycles. The van der Waals surface area contributed by atoms with Crippen LogP contribution in [0.1, 0.15) is 39.0 Å². The zero-order valence-corrected chi connectivity index (χ0v) is 15.1. The van der Waals surface area contributed by atoms with Crippen molar-refractivity contribution in [2.75, 3.05) is 39.4 Å².